The summed E-state index contributed by atoms with van der Waals surface area (Å²) < 4.78 is 240. The molecular formula is C42H26BNOS. The Hall–Kier alpha value is -5.45. The highest BCUT2D eigenvalue weighted by Crippen LogP contribution is 2.46. The summed E-state index contributed by atoms with van der Waals surface area (Å²) in [7, 11) is 0. The fourth-order valence-electron chi connectivity index (χ4n) is 5.68. The maximum atomic E-state index is 10.1. The lowest BCUT2D eigenvalue weighted by atomic mass is 9.57. The van der Waals surface area contributed by atoms with Gasteiger partial charge in [-0.05, 0) is 81.0 Å². The molecule has 0 atom stereocenters. The Morgan fingerprint density at radius 2 is 1.22 bits per heavy atom. The summed E-state index contributed by atoms with van der Waals surface area (Å²) in [5.41, 5.74) is -6.18. The van der Waals surface area contributed by atoms with Gasteiger partial charge in [0.2, 0.25) is 0 Å². The van der Waals surface area contributed by atoms with Gasteiger partial charge in [-0.25, -0.2) is 0 Å². The molecule has 2 aliphatic heterocycles. The predicted octanol–water partition coefficient (Wildman–Crippen LogP) is 10.1. The van der Waals surface area contributed by atoms with Crippen LogP contribution < -0.4 is 15.7 Å². The van der Waals surface area contributed by atoms with Crippen molar-refractivity contribution < 1.29 is 40.4 Å². The molecule has 1 aromatic heterocycles. The lowest BCUT2D eigenvalue weighted by Gasteiger charge is -2.33. The molecule has 0 fully saturated rings. The van der Waals surface area contributed by atoms with Crippen molar-refractivity contribution in [2.24, 2.45) is 0 Å². The van der Waals surface area contributed by atoms with Crippen LogP contribution in [0, 0.1) is 0 Å². The zero-order valence-corrected chi connectivity index (χ0v) is 23.7. The number of fused-ring (bicyclic) bond motifs is 7. The van der Waals surface area contributed by atoms with Crippen LogP contribution in [-0.2, 0) is 0 Å². The van der Waals surface area contributed by atoms with Crippen molar-refractivity contribution in [2.75, 3.05) is 0 Å². The van der Waals surface area contributed by atoms with Crippen molar-refractivity contribution in [3.8, 4) is 50.6 Å². The second-order valence-electron chi connectivity index (χ2n) is 10.0. The summed E-state index contributed by atoms with van der Waals surface area (Å²) in [5, 5.41) is -0.969. The van der Waals surface area contributed by atoms with Crippen molar-refractivity contribution in [1.82, 2.24) is 4.57 Å². The van der Waals surface area contributed by atoms with Gasteiger partial charge in [-0.1, -0.05) is 115 Å². The fraction of sp³-hybridized carbons (Fsp3) is 0. The molecule has 46 heavy (non-hydrogen) atoms. The summed E-state index contributed by atoms with van der Waals surface area (Å²) in [6.07, 6.45) is 0. The van der Waals surface area contributed by atoms with Crippen LogP contribution in [0.2, 0.25) is 0 Å². The van der Waals surface area contributed by atoms with Gasteiger partial charge in [0.25, 0.3) is 5.99 Å². The standard InChI is InChI=1S/C42H26BNOS/c1-2-12-27(13-3-1)28-22-23-33-34-24-29(25-40-42(34)43(46-41(33)26-28)35-17-7-11-21-39(35)45-40)30-14-4-8-18-36(30)44-37-19-9-5-15-31(37)32-16-6-10-20-38(32)44/h1-26H/i1D,2D,3D,4D,5D,6D,7D,8D,9D,10D,11D,12D,13D,14D,15D,16D,17D,18D,19D,20D,21D,22D,23D,24D,25D,26D. The first-order chi connectivity index (χ1) is 33.6. The molecule has 0 N–H and O–H groups in total. The number of rotatable bonds is 3. The van der Waals surface area contributed by atoms with Gasteiger partial charge in [-0.15, -0.1) is 0 Å². The molecule has 0 saturated carbocycles. The van der Waals surface area contributed by atoms with E-state index in [1.807, 2.05) is 0 Å². The van der Waals surface area contributed by atoms with Crippen molar-refractivity contribution in [3.63, 3.8) is 0 Å². The fourth-order valence-corrected chi connectivity index (χ4v) is 6.98. The number of hydrogen-bond acceptors (Lipinski definition) is 2. The predicted molar refractivity (Wildman–Crippen MR) is 194 cm³/mol. The highest BCUT2D eigenvalue weighted by atomic mass is 32.2. The van der Waals surface area contributed by atoms with E-state index in [0.717, 1.165) is 4.57 Å². The minimum atomic E-state index is -1.46. The molecule has 0 saturated heterocycles. The second kappa shape index (κ2) is 10.0. The van der Waals surface area contributed by atoms with E-state index in [4.69, 9.17) is 30.8 Å². The van der Waals surface area contributed by atoms with Gasteiger partial charge in [-0.2, -0.15) is 11.6 Å². The largest absolute Gasteiger partial charge is 0.458 e. The normalized spacial score (nSPS) is 20.7. The van der Waals surface area contributed by atoms with E-state index in [-0.39, 0.29) is 15.8 Å². The molecule has 2 aliphatic rings. The van der Waals surface area contributed by atoms with E-state index >= 15 is 0 Å². The average Bonchev–Trinajstić information content (AvgIpc) is 3.71. The van der Waals surface area contributed by atoms with Gasteiger partial charge in [0, 0.05) is 21.2 Å². The van der Waals surface area contributed by atoms with Crippen LogP contribution in [0.15, 0.2) is 162 Å². The van der Waals surface area contributed by atoms with Crippen LogP contribution in [0.5, 0.6) is 11.5 Å². The lowest BCUT2D eigenvalue weighted by Crippen LogP contribution is -2.46. The van der Waals surface area contributed by atoms with Crippen LogP contribution in [0.3, 0.4) is 0 Å². The topological polar surface area (TPSA) is 14.2 Å². The third-order valence-electron chi connectivity index (χ3n) is 7.60. The molecule has 0 radical (unpaired) electrons. The van der Waals surface area contributed by atoms with Gasteiger partial charge in [-0.3, -0.25) is 0 Å². The van der Waals surface area contributed by atoms with E-state index in [2.05, 4.69) is 0 Å². The molecule has 0 aliphatic carbocycles. The molecular weight excluding hydrogens is 577 g/mol. The van der Waals surface area contributed by atoms with E-state index < -0.39 is 235 Å². The third kappa shape index (κ3) is 3.80. The summed E-state index contributed by atoms with van der Waals surface area (Å²) in [6.45, 7) is 0. The smallest absolute Gasteiger partial charge is 0.289 e. The lowest BCUT2D eigenvalue weighted by molar-refractivity contribution is 0.488. The highest BCUT2D eigenvalue weighted by Gasteiger charge is 2.38. The first-order valence-corrected chi connectivity index (χ1v) is 14.5. The van der Waals surface area contributed by atoms with Crippen LogP contribution >= 0.6 is 11.6 Å². The molecule has 0 spiro atoms. The Labute approximate surface area is 308 Å². The Morgan fingerprint density at radius 3 is 2.04 bits per heavy atom. The van der Waals surface area contributed by atoms with E-state index in [0.29, 0.717) is 11.6 Å². The Balaban J connectivity index is 1.44. The van der Waals surface area contributed by atoms with Gasteiger partial charge in [0.15, 0.2) is 0 Å². The molecule has 7 aromatic carbocycles. The minimum Gasteiger partial charge on any atom is -0.458 e. The van der Waals surface area contributed by atoms with Gasteiger partial charge in [0.1, 0.15) is 11.5 Å². The molecule has 8 aromatic rings. The van der Waals surface area contributed by atoms with Crippen LogP contribution in [-0.4, -0.2) is 10.6 Å². The van der Waals surface area contributed by atoms with Crippen molar-refractivity contribution in [3.05, 3.63) is 157 Å². The zero-order chi connectivity index (χ0) is 52.8. The molecule has 3 heterocycles. The van der Waals surface area contributed by atoms with Crippen molar-refractivity contribution in [1.29, 1.82) is 0 Å². The van der Waals surface area contributed by atoms with E-state index in [1.54, 1.807) is 0 Å². The molecule has 4 heteroatoms. The summed E-state index contributed by atoms with van der Waals surface area (Å²) in [5.74, 6) is -2.60. The van der Waals surface area contributed by atoms with Crippen molar-refractivity contribution in [2.45, 2.75) is 4.90 Å². The van der Waals surface area contributed by atoms with Crippen molar-refractivity contribution >= 4 is 50.3 Å². The molecule has 214 valence electrons. The molecule has 2 nitrogen and oxygen atoms in total. The maximum Gasteiger partial charge on any atom is 0.289 e. The quantitative estimate of drug-likeness (QED) is 0.181. The number of para-hydroxylation sites is 4. The Kier molecular flexibility index (Phi) is 2.42. The van der Waals surface area contributed by atoms with Crippen LogP contribution in [0.4, 0.5) is 0 Å². The zero-order valence-electron chi connectivity index (χ0n) is 48.8. The summed E-state index contributed by atoms with van der Waals surface area (Å²) >= 11 is 0.663. The minimum absolute atomic E-state index is 0.214. The Morgan fingerprint density at radius 1 is 0.522 bits per heavy atom. The average molecular weight is 630 g/mol. The SMILES string of the molecule is [2H]c1c([2H])c([2H])c(-c2c([2H])c([2H])c3c(c2[2H])SB2c4c([2H])c([2H])c([2H])c([2H])c4Oc4c([2H])c(-c5c([2H])c([2H])c([2H])c([2H])c5-n5c6c([2H])c([2H])c([2H])c([2H])c6c6c([2H])c([2H])c([2H])c([2H])c65)c([2H])c-3c42)c([2H])c1[2H]. The van der Waals surface area contributed by atoms with Gasteiger partial charge >= 0.3 is 0 Å². The van der Waals surface area contributed by atoms with E-state index in [9.17, 15) is 9.60 Å². The van der Waals surface area contributed by atoms with E-state index in [1.165, 1.54) is 0 Å². The number of aromatic nitrogens is 1. The summed E-state index contributed by atoms with van der Waals surface area (Å²) in [6, 6.07) is -21.9. The first kappa shape index (κ1) is 11.1. The maximum absolute atomic E-state index is 10.1. The third-order valence-corrected chi connectivity index (χ3v) is 8.85. The first-order valence-electron chi connectivity index (χ1n) is 26.6. The number of benzene rings is 7. The van der Waals surface area contributed by atoms with Crippen LogP contribution in [0.25, 0.3) is 60.9 Å². The highest BCUT2D eigenvalue weighted by molar-refractivity contribution is 8.28. The molecule has 0 unspecified atom stereocenters. The second-order valence-corrected chi connectivity index (χ2v) is 11.2. The number of ether oxygens (including phenoxy) is 1. The molecule has 10 rings (SSSR count). The monoisotopic (exact) mass is 629 g/mol. The van der Waals surface area contributed by atoms with Gasteiger partial charge in [0.05, 0.1) is 52.4 Å². The number of hydrogen-bond donors (Lipinski definition) is 0. The molecule has 0 bridgehead atoms. The molecule has 0 amide bonds. The number of nitrogens with zero attached hydrogens (tertiary/aromatic N) is 1. The van der Waals surface area contributed by atoms with Crippen LogP contribution in [0.1, 0.15) is 35.6 Å². The summed E-state index contributed by atoms with van der Waals surface area (Å²) in [4.78, 5) is -0.316. The Bertz CT molecular complexity index is 3860. The van der Waals surface area contributed by atoms with Gasteiger partial charge < -0.3 is 9.30 Å².